The highest BCUT2D eigenvalue weighted by Crippen LogP contribution is 2.30. The van der Waals surface area contributed by atoms with Crippen LogP contribution in [0.15, 0.2) is 6.07 Å². The fraction of sp³-hybridized carbons (Fsp3) is 0.667. The normalized spacial score (nSPS) is 17.3. The molecule has 1 saturated heterocycles. The van der Waals surface area contributed by atoms with Crippen molar-refractivity contribution < 1.29 is 23.0 Å². The number of hydrogen-bond acceptors (Lipinski definition) is 5. The van der Waals surface area contributed by atoms with Gasteiger partial charge in [0.05, 0.1) is 19.3 Å². The Morgan fingerprint density at radius 1 is 1.33 bits per heavy atom. The summed E-state index contributed by atoms with van der Waals surface area (Å²) in [5.41, 5.74) is 0. The smallest absolute Gasteiger partial charge is 0.394 e. The van der Waals surface area contributed by atoms with Crippen LogP contribution in [0.2, 0.25) is 5.15 Å². The Bertz CT molecular complexity index is 479. The van der Waals surface area contributed by atoms with Gasteiger partial charge in [0.25, 0.3) is 0 Å². The summed E-state index contributed by atoms with van der Waals surface area (Å²) >= 11 is 5.64. The third-order valence-corrected chi connectivity index (χ3v) is 3.34. The van der Waals surface area contributed by atoms with Crippen molar-refractivity contribution in [2.75, 3.05) is 31.2 Å². The van der Waals surface area contributed by atoms with Crippen molar-refractivity contribution in [1.82, 2.24) is 9.97 Å². The molecule has 1 aromatic rings. The molecule has 9 heteroatoms. The molecule has 118 valence electrons. The maximum absolute atomic E-state index is 12.7. The zero-order chi connectivity index (χ0) is 15.5. The predicted octanol–water partition coefficient (Wildman–Crippen LogP) is 2.13. The predicted molar refractivity (Wildman–Crippen MR) is 70.3 cm³/mol. The average Bonchev–Trinajstić information content (AvgIpc) is 2.44. The van der Waals surface area contributed by atoms with Gasteiger partial charge < -0.3 is 14.7 Å². The molecule has 2 heterocycles. The number of piperidine rings is 1. The van der Waals surface area contributed by atoms with E-state index in [1.165, 1.54) is 6.07 Å². The third-order valence-electron chi connectivity index (χ3n) is 3.15. The Morgan fingerprint density at radius 3 is 2.57 bits per heavy atom. The zero-order valence-electron chi connectivity index (χ0n) is 11.1. The van der Waals surface area contributed by atoms with E-state index in [4.69, 9.17) is 21.4 Å². The molecule has 21 heavy (non-hydrogen) atoms. The van der Waals surface area contributed by atoms with Crippen LogP contribution in [-0.4, -0.2) is 47.5 Å². The molecule has 0 atom stereocenters. The Labute approximate surface area is 124 Å². The van der Waals surface area contributed by atoms with Crippen LogP contribution in [0.3, 0.4) is 0 Å². The molecule has 1 aromatic heterocycles. The summed E-state index contributed by atoms with van der Waals surface area (Å²) in [5, 5.41) is 8.46. The first-order valence-electron chi connectivity index (χ1n) is 6.49. The number of alkyl halides is 3. The van der Waals surface area contributed by atoms with E-state index in [1.807, 2.05) is 0 Å². The summed E-state index contributed by atoms with van der Waals surface area (Å²) in [5.74, 6) is -1.06. The Balaban J connectivity index is 2.05. The van der Waals surface area contributed by atoms with Crippen LogP contribution in [0.1, 0.15) is 18.7 Å². The molecule has 0 aromatic carbocycles. The van der Waals surface area contributed by atoms with Gasteiger partial charge in [0.15, 0.2) is 0 Å². The molecule has 0 amide bonds. The van der Waals surface area contributed by atoms with Crippen molar-refractivity contribution in [2.45, 2.75) is 25.1 Å². The van der Waals surface area contributed by atoms with Gasteiger partial charge in [0.2, 0.25) is 5.82 Å². The van der Waals surface area contributed by atoms with Crippen LogP contribution in [0.25, 0.3) is 0 Å². The van der Waals surface area contributed by atoms with Gasteiger partial charge in [-0.1, -0.05) is 11.6 Å². The Morgan fingerprint density at radius 2 is 2.00 bits per heavy atom. The van der Waals surface area contributed by atoms with E-state index in [0.29, 0.717) is 25.9 Å². The molecule has 5 nitrogen and oxygen atoms in total. The van der Waals surface area contributed by atoms with Crippen molar-refractivity contribution >= 4 is 17.4 Å². The van der Waals surface area contributed by atoms with E-state index in [1.54, 1.807) is 4.90 Å². The molecule has 2 rings (SSSR count). The summed E-state index contributed by atoms with van der Waals surface area (Å²) in [4.78, 5) is 8.47. The highest BCUT2D eigenvalue weighted by Gasteiger charge is 2.36. The topological polar surface area (TPSA) is 58.5 Å². The summed E-state index contributed by atoms with van der Waals surface area (Å²) < 4.78 is 43.4. The van der Waals surface area contributed by atoms with Gasteiger partial charge in [-0.2, -0.15) is 13.2 Å². The monoisotopic (exact) mass is 325 g/mol. The summed E-state index contributed by atoms with van der Waals surface area (Å²) in [6.45, 7) is 1.25. The van der Waals surface area contributed by atoms with E-state index >= 15 is 0 Å². The van der Waals surface area contributed by atoms with Crippen LogP contribution in [0.4, 0.5) is 19.0 Å². The highest BCUT2D eigenvalue weighted by atomic mass is 35.5. The van der Waals surface area contributed by atoms with Crippen molar-refractivity contribution in [3.63, 3.8) is 0 Å². The molecule has 0 bridgehead atoms. The number of hydrogen-bond donors (Lipinski definition) is 1. The minimum Gasteiger partial charge on any atom is -0.394 e. The van der Waals surface area contributed by atoms with Crippen LogP contribution < -0.4 is 4.90 Å². The summed E-state index contributed by atoms with van der Waals surface area (Å²) in [6, 6.07) is 1.33. The van der Waals surface area contributed by atoms with Crippen molar-refractivity contribution in [1.29, 1.82) is 0 Å². The van der Waals surface area contributed by atoms with E-state index in [0.717, 1.165) is 0 Å². The first-order valence-corrected chi connectivity index (χ1v) is 6.87. The number of nitrogens with zero attached hydrogens (tertiary/aromatic N) is 3. The minimum absolute atomic E-state index is 0.00722. The molecular weight excluding hydrogens is 311 g/mol. The number of aliphatic hydroxyl groups excluding tert-OH is 1. The van der Waals surface area contributed by atoms with Crippen LogP contribution in [-0.2, 0) is 10.9 Å². The lowest BCUT2D eigenvalue weighted by Gasteiger charge is -2.32. The first-order chi connectivity index (χ1) is 9.90. The molecule has 0 radical (unpaired) electrons. The summed E-state index contributed by atoms with van der Waals surface area (Å²) in [7, 11) is 0. The number of ether oxygens (including phenoxy) is 1. The largest absolute Gasteiger partial charge is 0.451 e. The number of aliphatic hydroxyl groups is 1. The van der Waals surface area contributed by atoms with Gasteiger partial charge >= 0.3 is 6.18 Å². The average molecular weight is 326 g/mol. The lowest BCUT2D eigenvalue weighted by atomic mass is 10.1. The van der Waals surface area contributed by atoms with E-state index in [-0.39, 0.29) is 30.3 Å². The van der Waals surface area contributed by atoms with E-state index in [9.17, 15) is 13.2 Å². The van der Waals surface area contributed by atoms with Gasteiger partial charge in [-0.3, -0.25) is 0 Å². The van der Waals surface area contributed by atoms with Crippen molar-refractivity contribution in [2.24, 2.45) is 0 Å². The van der Waals surface area contributed by atoms with Gasteiger partial charge in [0, 0.05) is 19.2 Å². The number of halogens is 4. The van der Waals surface area contributed by atoms with Crippen molar-refractivity contribution in [3.05, 3.63) is 17.0 Å². The second-order valence-electron chi connectivity index (χ2n) is 4.65. The SMILES string of the molecule is OCCOC1CCN(c2cc(Cl)nc(C(F)(F)F)n2)CC1. The first kappa shape index (κ1) is 16.3. The lowest BCUT2D eigenvalue weighted by molar-refractivity contribution is -0.144. The quantitative estimate of drug-likeness (QED) is 0.859. The molecule has 1 aliphatic heterocycles. The standard InChI is InChI=1S/C12H15ClF3N3O2/c13-9-7-10(18-11(17-9)12(14,15)16)19-3-1-8(2-4-19)21-6-5-20/h7-8,20H,1-6H2. The fourth-order valence-corrected chi connectivity index (χ4v) is 2.34. The van der Waals surface area contributed by atoms with E-state index < -0.39 is 12.0 Å². The van der Waals surface area contributed by atoms with Crippen LogP contribution in [0, 0.1) is 0 Å². The fourth-order valence-electron chi connectivity index (χ4n) is 2.17. The zero-order valence-corrected chi connectivity index (χ0v) is 11.9. The molecule has 0 unspecified atom stereocenters. The molecular formula is C12H15ClF3N3O2. The third kappa shape index (κ3) is 4.42. The second-order valence-corrected chi connectivity index (χ2v) is 5.04. The Hall–Kier alpha value is -1.12. The minimum atomic E-state index is -4.62. The number of anilines is 1. The Kier molecular flexibility index (Phi) is 5.23. The van der Waals surface area contributed by atoms with Crippen LogP contribution in [0.5, 0.6) is 0 Å². The molecule has 1 N–H and O–H groups in total. The van der Waals surface area contributed by atoms with Gasteiger partial charge in [0.1, 0.15) is 11.0 Å². The summed E-state index contributed by atoms with van der Waals surface area (Å²) in [6.07, 6.45) is -3.30. The highest BCUT2D eigenvalue weighted by molar-refractivity contribution is 6.29. The maximum Gasteiger partial charge on any atom is 0.451 e. The molecule has 1 aliphatic rings. The maximum atomic E-state index is 12.7. The van der Waals surface area contributed by atoms with Crippen molar-refractivity contribution in [3.8, 4) is 0 Å². The molecule has 0 spiro atoms. The van der Waals surface area contributed by atoms with Gasteiger partial charge in [-0.15, -0.1) is 0 Å². The van der Waals surface area contributed by atoms with Crippen LogP contribution >= 0.6 is 11.6 Å². The van der Waals surface area contributed by atoms with E-state index in [2.05, 4.69) is 9.97 Å². The number of rotatable bonds is 4. The second kappa shape index (κ2) is 6.76. The van der Waals surface area contributed by atoms with Gasteiger partial charge in [-0.25, -0.2) is 9.97 Å². The van der Waals surface area contributed by atoms with Gasteiger partial charge in [-0.05, 0) is 12.8 Å². The molecule has 1 fully saturated rings. The lowest BCUT2D eigenvalue weighted by Crippen LogP contribution is -2.38. The number of aromatic nitrogens is 2. The molecule has 0 saturated carbocycles. The molecule has 0 aliphatic carbocycles.